The van der Waals surface area contributed by atoms with E-state index < -0.39 is 0 Å². The van der Waals surface area contributed by atoms with E-state index in [9.17, 15) is 0 Å². The van der Waals surface area contributed by atoms with Crippen LogP contribution >= 0.6 is 11.3 Å². The van der Waals surface area contributed by atoms with Crippen LogP contribution in [0.4, 0.5) is 23.1 Å². The van der Waals surface area contributed by atoms with Gasteiger partial charge in [-0.15, -0.1) is 11.3 Å². The summed E-state index contributed by atoms with van der Waals surface area (Å²) in [6.45, 7) is 5.42. The van der Waals surface area contributed by atoms with Gasteiger partial charge in [0, 0.05) is 35.8 Å². The number of imidazole rings is 1. The van der Waals surface area contributed by atoms with Crippen LogP contribution in [0.25, 0.3) is 17.0 Å². The first-order valence-corrected chi connectivity index (χ1v) is 12.9. The van der Waals surface area contributed by atoms with E-state index in [1.165, 1.54) is 5.69 Å². The fraction of sp³-hybridized carbons (Fsp3) is 0.417. The molecule has 182 valence electrons. The van der Waals surface area contributed by atoms with Gasteiger partial charge in [-0.05, 0) is 57.2 Å². The predicted octanol–water partition coefficient (Wildman–Crippen LogP) is 3.24. The number of aromatic nitrogens is 5. The molecule has 2 fully saturated rings. The molecule has 0 amide bonds. The lowest BCUT2D eigenvalue weighted by Gasteiger charge is -2.28. The van der Waals surface area contributed by atoms with Crippen molar-refractivity contribution >= 4 is 45.6 Å². The predicted molar refractivity (Wildman–Crippen MR) is 139 cm³/mol. The number of rotatable bonds is 5. The average Bonchev–Trinajstić information content (AvgIpc) is 3.54. The molecular formula is C24H29N9OS. The lowest BCUT2D eigenvalue weighted by atomic mass is 9.96. The quantitative estimate of drug-likeness (QED) is 0.435. The van der Waals surface area contributed by atoms with E-state index in [4.69, 9.17) is 15.5 Å². The Morgan fingerprint density at radius 1 is 1.03 bits per heavy atom. The maximum Gasteiger partial charge on any atom is 0.224 e. The number of nitrogens with one attached hydrogen (secondary N) is 1. The van der Waals surface area contributed by atoms with Crippen molar-refractivity contribution in [2.75, 3.05) is 62.4 Å². The molecule has 2 saturated heterocycles. The smallest absolute Gasteiger partial charge is 0.224 e. The molecule has 0 aliphatic carbocycles. The van der Waals surface area contributed by atoms with Crippen molar-refractivity contribution in [2.24, 2.45) is 0 Å². The summed E-state index contributed by atoms with van der Waals surface area (Å²) in [4.78, 5) is 23.5. The zero-order valence-electron chi connectivity index (χ0n) is 19.7. The number of hydrogen-bond acceptors (Lipinski definition) is 10. The molecule has 0 saturated carbocycles. The van der Waals surface area contributed by atoms with Crippen molar-refractivity contribution in [2.45, 2.75) is 18.8 Å². The van der Waals surface area contributed by atoms with E-state index in [0.717, 1.165) is 69.6 Å². The lowest BCUT2D eigenvalue weighted by Crippen LogP contribution is -2.36. The van der Waals surface area contributed by atoms with E-state index in [0.29, 0.717) is 22.9 Å². The summed E-state index contributed by atoms with van der Waals surface area (Å²) in [5, 5.41) is 5.46. The summed E-state index contributed by atoms with van der Waals surface area (Å²) in [7, 11) is 2.16. The van der Waals surface area contributed by atoms with Gasteiger partial charge in [0.15, 0.2) is 22.8 Å². The molecule has 3 aromatic heterocycles. The third-order valence-corrected chi connectivity index (χ3v) is 7.36. The molecule has 0 unspecified atom stereocenters. The highest BCUT2D eigenvalue weighted by Gasteiger charge is 2.28. The first-order valence-electron chi connectivity index (χ1n) is 12.0. The molecule has 35 heavy (non-hydrogen) atoms. The highest BCUT2D eigenvalue weighted by molar-refractivity contribution is 7.07. The van der Waals surface area contributed by atoms with Gasteiger partial charge >= 0.3 is 0 Å². The fourth-order valence-electron chi connectivity index (χ4n) is 4.88. The van der Waals surface area contributed by atoms with Crippen LogP contribution in [0.5, 0.6) is 0 Å². The van der Waals surface area contributed by atoms with Gasteiger partial charge in [0.25, 0.3) is 0 Å². The second kappa shape index (κ2) is 9.40. The van der Waals surface area contributed by atoms with Gasteiger partial charge in [0.2, 0.25) is 5.95 Å². The zero-order chi connectivity index (χ0) is 23.8. The Balaban J connectivity index is 1.37. The van der Waals surface area contributed by atoms with Gasteiger partial charge in [-0.1, -0.05) is 0 Å². The second-order valence-corrected chi connectivity index (χ2v) is 9.82. The minimum absolute atomic E-state index is 0.205. The standard InChI is InChI=1S/C24H29N9OS/c1-31-8-6-16(7-9-31)22-28-20-21(29-24(25)30-23(20)33(22)19-14-35-15-26-19)27-17-2-4-18(5-3-17)32-10-12-34-13-11-32/h2-5,14-16H,6-13H2,1H3,(H3,25,27,29,30). The summed E-state index contributed by atoms with van der Waals surface area (Å²) >= 11 is 1.56. The normalized spacial score (nSPS) is 17.8. The highest BCUT2D eigenvalue weighted by atomic mass is 32.1. The topological polar surface area (TPSA) is 110 Å². The summed E-state index contributed by atoms with van der Waals surface area (Å²) in [5.41, 5.74) is 11.5. The number of piperidine rings is 1. The van der Waals surface area contributed by atoms with Gasteiger partial charge in [0.05, 0.1) is 18.7 Å². The lowest BCUT2D eigenvalue weighted by molar-refractivity contribution is 0.122. The molecular weight excluding hydrogens is 462 g/mol. The molecule has 4 aromatic rings. The molecule has 1 aromatic carbocycles. The van der Waals surface area contributed by atoms with Crippen molar-refractivity contribution in [3.63, 3.8) is 0 Å². The number of nitrogens with two attached hydrogens (primary N) is 1. The minimum atomic E-state index is 0.205. The number of nitrogen functional groups attached to an aromatic ring is 1. The molecule has 10 nitrogen and oxygen atoms in total. The fourth-order valence-corrected chi connectivity index (χ4v) is 5.39. The van der Waals surface area contributed by atoms with Crippen LogP contribution in [0.15, 0.2) is 35.2 Å². The van der Waals surface area contributed by atoms with Crippen molar-refractivity contribution in [3.05, 3.63) is 41.0 Å². The monoisotopic (exact) mass is 491 g/mol. The molecule has 0 atom stereocenters. The Hall–Kier alpha value is -3.28. The average molecular weight is 492 g/mol. The first-order chi connectivity index (χ1) is 17.2. The second-order valence-electron chi connectivity index (χ2n) is 9.10. The summed E-state index contributed by atoms with van der Waals surface area (Å²) in [6, 6.07) is 8.36. The maximum absolute atomic E-state index is 6.18. The number of hydrogen-bond donors (Lipinski definition) is 2. The number of fused-ring (bicyclic) bond motifs is 1. The molecule has 2 aliphatic heterocycles. The van der Waals surface area contributed by atoms with Crippen LogP contribution in [-0.4, -0.2) is 75.8 Å². The molecule has 6 rings (SSSR count). The molecule has 0 bridgehead atoms. The summed E-state index contributed by atoms with van der Waals surface area (Å²) < 4.78 is 7.53. The molecule has 11 heteroatoms. The van der Waals surface area contributed by atoms with Gasteiger partial charge in [-0.2, -0.15) is 9.97 Å². The van der Waals surface area contributed by atoms with Crippen LogP contribution in [0, 0.1) is 0 Å². The number of likely N-dealkylation sites (tertiary alicyclic amines) is 1. The molecule has 5 heterocycles. The van der Waals surface area contributed by atoms with Gasteiger partial charge in [-0.25, -0.2) is 9.97 Å². The van der Waals surface area contributed by atoms with Gasteiger partial charge in [0.1, 0.15) is 5.82 Å². The number of morpholine rings is 1. The number of thiazole rings is 1. The van der Waals surface area contributed by atoms with Crippen LogP contribution in [0.3, 0.4) is 0 Å². The Morgan fingerprint density at radius 3 is 2.51 bits per heavy atom. The first kappa shape index (κ1) is 22.2. The Labute approximate surface area is 207 Å². The highest BCUT2D eigenvalue weighted by Crippen LogP contribution is 2.34. The van der Waals surface area contributed by atoms with Crippen molar-refractivity contribution < 1.29 is 4.74 Å². The largest absolute Gasteiger partial charge is 0.378 e. The van der Waals surface area contributed by atoms with E-state index in [-0.39, 0.29) is 5.95 Å². The summed E-state index contributed by atoms with van der Waals surface area (Å²) in [5.74, 6) is 2.94. The Bertz CT molecular complexity index is 1290. The van der Waals surface area contributed by atoms with Gasteiger partial charge in [-0.3, -0.25) is 4.57 Å². The van der Waals surface area contributed by atoms with E-state index in [1.807, 2.05) is 10.9 Å². The number of nitrogens with zero attached hydrogens (tertiary/aromatic N) is 7. The SMILES string of the molecule is CN1CCC(c2nc3c(Nc4ccc(N5CCOCC5)cc4)nc(N)nc3n2-c2cscn2)CC1. The minimum Gasteiger partial charge on any atom is -0.378 e. The Kier molecular flexibility index (Phi) is 5.96. The van der Waals surface area contributed by atoms with Crippen molar-refractivity contribution in [3.8, 4) is 5.82 Å². The van der Waals surface area contributed by atoms with Crippen LogP contribution < -0.4 is 16.0 Å². The van der Waals surface area contributed by atoms with E-state index in [1.54, 1.807) is 11.3 Å². The van der Waals surface area contributed by atoms with Crippen LogP contribution in [0.2, 0.25) is 0 Å². The molecule has 0 radical (unpaired) electrons. The van der Waals surface area contributed by atoms with Crippen LogP contribution in [-0.2, 0) is 4.74 Å². The molecule has 3 N–H and O–H groups in total. The third kappa shape index (κ3) is 4.42. The zero-order valence-corrected chi connectivity index (χ0v) is 20.5. The maximum atomic E-state index is 6.18. The van der Waals surface area contributed by atoms with Crippen molar-refractivity contribution in [1.29, 1.82) is 0 Å². The van der Waals surface area contributed by atoms with E-state index >= 15 is 0 Å². The Morgan fingerprint density at radius 2 is 1.80 bits per heavy atom. The number of benzene rings is 1. The summed E-state index contributed by atoms with van der Waals surface area (Å²) in [6.07, 6.45) is 2.08. The van der Waals surface area contributed by atoms with E-state index in [2.05, 4.69) is 65.9 Å². The number of anilines is 4. The van der Waals surface area contributed by atoms with Gasteiger partial charge < -0.3 is 25.6 Å². The van der Waals surface area contributed by atoms with Crippen LogP contribution in [0.1, 0.15) is 24.6 Å². The molecule has 2 aliphatic rings. The third-order valence-electron chi connectivity index (χ3n) is 6.79. The van der Waals surface area contributed by atoms with Crippen molar-refractivity contribution in [1.82, 2.24) is 29.4 Å². The molecule has 0 spiro atoms. The number of ether oxygens (including phenoxy) is 1.